The van der Waals surface area contributed by atoms with Crippen molar-refractivity contribution in [3.8, 4) is 0 Å². The number of carbonyl (C=O) groups is 3. The monoisotopic (exact) mass is 532 g/mol. The summed E-state index contributed by atoms with van der Waals surface area (Å²) in [7, 11) is 0. The van der Waals surface area contributed by atoms with Crippen LogP contribution in [0, 0.1) is 6.92 Å². The van der Waals surface area contributed by atoms with Crippen LogP contribution in [0.2, 0.25) is 0 Å². The second-order valence-corrected chi connectivity index (χ2v) is 10.2. The molecular weight excluding hydrogens is 504 g/mol. The van der Waals surface area contributed by atoms with E-state index in [0.717, 1.165) is 21.6 Å². The molecule has 1 saturated heterocycles. The molecular formula is C29H28N2O6S. The number of carbonyl (C=O) groups excluding carboxylic acids is 3. The van der Waals surface area contributed by atoms with Gasteiger partial charge in [0.15, 0.2) is 22.6 Å². The number of nitrogens with one attached hydrogen (secondary N) is 1. The fraction of sp³-hybridized carbons (Fsp3) is 0.207. The van der Waals surface area contributed by atoms with E-state index in [0.29, 0.717) is 11.1 Å². The molecule has 1 heterocycles. The molecule has 0 radical (unpaired) electrons. The van der Waals surface area contributed by atoms with Crippen LogP contribution in [0.5, 0.6) is 0 Å². The molecule has 1 aliphatic heterocycles. The Morgan fingerprint density at radius 1 is 0.921 bits per heavy atom. The standard InChI is InChI=1S/C29H28N2O6S/c1-18(2)24(29(34)37-25(20-10-6-4-7-11-20)21-12-8-5-9-13-21)31-27(33)23(28(31)38(35)36)30-26(32)22-16-14-19(3)15-17-22/h4-17,23,25,28H,1-3H3,(H,30,32)(H,35,36). The summed E-state index contributed by atoms with van der Waals surface area (Å²) in [6.45, 7) is 5.10. The van der Waals surface area contributed by atoms with Crippen molar-refractivity contribution in [2.24, 2.45) is 0 Å². The summed E-state index contributed by atoms with van der Waals surface area (Å²) in [5, 5.41) is 1.17. The molecule has 38 heavy (non-hydrogen) atoms. The number of rotatable bonds is 8. The second-order valence-electron chi connectivity index (χ2n) is 9.15. The molecule has 2 N–H and O–H groups in total. The van der Waals surface area contributed by atoms with E-state index in [2.05, 4.69) is 5.32 Å². The summed E-state index contributed by atoms with van der Waals surface area (Å²) in [6, 6.07) is 23.7. The number of benzene rings is 3. The van der Waals surface area contributed by atoms with Gasteiger partial charge in [-0.05, 0) is 49.6 Å². The van der Waals surface area contributed by atoms with Crippen LogP contribution >= 0.6 is 0 Å². The van der Waals surface area contributed by atoms with Crippen LogP contribution < -0.4 is 5.32 Å². The Hall–Kier alpha value is -4.08. The number of likely N-dealkylation sites (tertiary alicyclic amines) is 1. The highest BCUT2D eigenvalue weighted by molar-refractivity contribution is 7.80. The largest absolute Gasteiger partial charge is 0.448 e. The lowest BCUT2D eigenvalue weighted by Gasteiger charge is -2.45. The Labute approximate surface area is 223 Å². The second kappa shape index (κ2) is 11.5. The highest BCUT2D eigenvalue weighted by Gasteiger charge is 2.55. The first-order valence-electron chi connectivity index (χ1n) is 12.0. The summed E-state index contributed by atoms with van der Waals surface area (Å²) in [4.78, 5) is 40.4. The van der Waals surface area contributed by atoms with Crippen molar-refractivity contribution in [3.63, 3.8) is 0 Å². The lowest BCUT2D eigenvalue weighted by atomic mass is 10.0. The number of esters is 1. The topological polar surface area (TPSA) is 113 Å². The first-order chi connectivity index (χ1) is 18.2. The lowest BCUT2D eigenvalue weighted by Crippen LogP contribution is -2.72. The summed E-state index contributed by atoms with van der Waals surface area (Å²) in [6.07, 6.45) is -0.772. The highest BCUT2D eigenvalue weighted by Crippen LogP contribution is 2.33. The van der Waals surface area contributed by atoms with Gasteiger partial charge in [0, 0.05) is 5.56 Å². The van der Waals surface area contributed by atoms with Gasteiger partial charge in [0.25, 0.3) is 11.8 Å². The van der Waals surface area contributed by atoms with Gasteiger partial charge in [-0.15, -0.1) is 0 Å². The van der Waals surface area contributed by atoms with E-state index < -0.39 is 46.4 Å². The van der Waals surface area contributed by atoms with Gasteiger partial charge in [0.05, 0.1) is 0 Å². The average Bonchev–Trinajstić information content (AvgIpc) is 2.91. The number of hydrogen-bond acceptors (Lipinski definition) is 5. The van der Waals surface area contributed by atoms with Crippen LogP contribution in [0.3, 0.4) is 0 Å². The Bertz CT molecular complexity index is 1350. The minimum Gasteiger partial charge on any atom is -0.448 e. The molecule has 4 rings (SSSR count). The molecule has 1 fully saturated rings. The van der Waals surface area contributed by atoms with Gasteiger partial charge >= 0.3 is 5.97 Å². The third-order valence-electron chi connectivity index (χ3n) is 6.19. The van der Waals surface area contributed by atoms with Gasteiger partial charge in [-0.1, -0.05) is 78.4 Å². The molecule has 0 aliphatic carbocycles. The number of amides is 2. The zero-order chi connectivity index (χ0) is 27.4. The van der Waals surface area contributed by atoms with Crippen LogP contribution in [-0.2, 0) is 25.4 Å². The van der Waals surface area contributed by atoms with Crippen LogP contribution in [-0.4, -0.2) is 42.9 Å². The molecule has 3 aromatic carbocycles. The smallest absolute Gasteiger partial charge is 0.355 e. The van der Waals surface area contributed by atoms with Gasteiger partial charge < -0.3 is 14.6 Å². The van der Waals surface area contributed by atoms with E-state index in [4.69, 9.17) is 4.74 Å². The SMILES string of the molecule is CC(C)=C(C(=O)OC(c1ccccc1)c1ccccc1)N1C(=O)C(NC(=O)c2ccc(C)cc2)C1S(=O)O. The molecule has 3 atom stereocenters. The fourth-order valence-electron chi connectivity index (χ4n) is 4.26. The Morgan fingerprint density at radius 3 is 1.92 bits per heavy atom. The molecule has 3 aromatic rings. The molecule has 0 saturated carbocycles. The number of nitrogens with zero attached hydrogens (tertiary/aromatic N) is 1. The molecule has 3 unspecified atom stereocenters. The minimum atomic E-state index is -2.57. The van der Waals surface area contributed by atoms with Crippen LogP contribution in [0.25, 0.3) is 0 Å². The molecule has 2 amide bonds. The van der Waals surface area contributed by atoms with Crippen LogP contribution in [0.4, 0.5) is 0 Å². The van der Waals surface area contributed by atoms with E-state index in [1.165, 1.54) is 0 Å². The number of β-lactam (4-membered cyclic amide) rings is 1. The lowest BCUT2D eigenvalue weighted by molar-refractivity contribution is -0.153. The Morgan fingerprint density at radius 2 is 1.45 bits per heavy atom. The predicted octanol–water partition coefficient (Wildman–Crippen LogP) is 4.11. The Balaban J connectivity index is 1.59. The van der Waals surface area contributed by atoms with Gasteiger partial charge in [-0.25, -0.2) is 9.00 Å². The third-order valence-corrected chi connectivity index (χ3v) is 7.08. The number of allylic oxidation sites excluding steroid dienone is 1. The molecule has 196 valence electrons. The van der Waals surface area contributed by atoms with Gasteiger partial charge in [0.2, 0.25) is 0 Å². The summed E-state index contributed by atoms with van der Waals surface area (Å²) in [5.74, 6) is -2.07. The van der Waals surface area contributed by atoms with Gasteiger partial charge in [0.1, 0.15) is 11.7 Å². The number of hydrogen-bond donors (Lipinski definition) is 2. The van der Waals surface area contributed by atoms with E-state index in [1.54, 1.807) is 38.1 Å². The zero-order valence-corrected chi connectivity index (χ0v) is 22.0. The maximum atomic E-state index is 13.5. The van der Waals surface area contributed by atoms with Crippen molar-refractivity contribution in [2.45, 2.75) is 38.3 Å². The van der Waals surface area contributed by atoms with Crippen molar-refractivity contribution in [2.75, 3.05) is 0 Å². The van der Waals surface area contributed by atoms with Crippen LogP contribution in [0.1, 0.15) is 47.0 Å². The average molecular weight is 533 g/mol. The van der Waals surface area contributed by atoms with E-state index >= 15 is 0 Å². The van der Waals surface area contributed by atoms with E-state index in [9.17, 15) is 23.1 Å². The molecule has 1 aliphatic rings. The van der Waals surface area contributed by atoms with Gasteiger partial charge in [-0.2, -0.15) is 0 Å². The van der Waals surface area contributed by atoms with Gasteiger partial charge in [-0.3, -0.25) is 14.5 Å². The fourth-order valence-corrected chi connectivity index (χ4v) is 5.07. The van der Waals surface area contributed by atoms with Crippen molar-refractivity contribution >= 4 is 28.9 Å². The molecule has 0 aromatic heterocycles. The summed E-state index contributed by atoms with van der Waals surface area (Å²) in [5.41, 5.74) is 2.99. The maximum absolute atomic E-state index is 13.5. The third kappa shape index (κ3) is 5.58. The number of ether oxygens (including phenoxy) is 1. The molecule has 8 nitrogen and oxygen atoms in total. The van der Waals surface area contributed by atoms with Crippen LogP contribution in [0.15, 0.2) is 96.2 Å². The normalized spacial score (nSPS) is 17.4. The molecule has 9 heteroatoms. The van der Waals surface area contributed by atoms with Crippen molar-refractivity contribution in [1.29, 1.82) is 0 Å². The van der Waals surface area contributed by atoms with Crippen molar-refractivity contribution in [3.05, 3.63) is 118 Å². The zero-order valence-electron chi connectivity index (χ0n) is 21.2. The number of aryl methyl sites for hydroxylation is 1. The maximum Gasteiger partial charge on any atom is 0.355 e. The summed E-state index contributed by atoms with van der Waals surface area (Å²) >= 11 is -2.57. The predicted molar refractivity (Wildman–Crippen MR) is 143 cm³/mol. The quantitative estimate of drug-likeness (QED) is 0.195. The molecule has 0 spiro atoms. The van der Waals surface area contributed by atoms with E-state index in [1.807, 2.05) is 67.6 Å². The highest BCUT2D eigenvalue weighted by atomic mass is 32.2. The minimum absolute atomic E-state index is 0.139. The first-order valence-corrected chi connectivity index (χ1v) is 13.1. The summed E-state index contributed by atoms with van der Waals surface area (Å²) < 4.78 is 28.3. The van der Waals surface area contributed by atoms with E-state index in [-0.39, 0.29) is 5.70 Å². The van der Waals surface area contributed by atoms with Crippen molar-refractivity contribution < 1.29 is 27.9 Å². The van der Waals surface area contributed by atoms with Crippen molar-refractivity contribution in [1.82, 2.24) is 10.2 Å². The first kappa shape index (κ1) is 27.0. The molecule has 0 bridgehead atoms. The Kier molecular flexibility index (Phi) is 8.19.